The van der Waals surface area contributed by atoms with Gasteiger partial charge in [-0.1, -0.05) is 6.92 Å². The number of nitrogens with zero attached hydrogens (tertiary/aromatic N) is 1. The van der Waals surface area contributed by atoms with Crippen LogP contribution in [-0.4, -0.2) is 49.3 Å². The fourth-order valence-electron chi connectivity index (χ4n) is 2.59. The summed E-state index contributed by atoms with van der Waals surface area (Å²) in [6, 6.07) is 5.49. The molecule has 0 bridgehead atoms. The van der Waals surface area contributed by atoms with Crippen LogP contribution in [0.25, 0.3) is 0 Å². The standard InChI is InChI=1S/C18H27NO4/c1-5-9-22-16-8-7-15(10-17(16)21-6-2)18(20)19-11-14(4)23-12-13(19)3/h7-8,10,13-14H,5-6,9,11-12H2,1-4H3. The monoisotopic (exact) mass is 321 g/mol. The molecule has 0 N–H and O–H groups in total. The van der Waals surface area contributed by atoms with Gasteiger partial charge in [-0.25, -0.2) is 0 Å². The molecule has 1 aromatic rings. The second-order valence-electron chi connectivity index (χ2n) is 5.89. The molecular weight excluding hydrogens is 294 g/mol. The lowest BCUT2D eigenvalue weighted by atomic mass is 10.1. The molecule has 2 unspecified atom stereocenters. The summed E-state index contributed by atoms with van der Waals surface area (Å²) in [6.45, 7) is 10.3. The Morgan fingerprint density at radius 2 is 2.04 bits per heavy atom. The lowest BCUT2D eigenvalue weighted by Gasteiger charge is -2.36. The molecule has 5 heteroatoms. The van der Waals surface area contributed by atoms with Gasteiger partial charge in [0.05, 0.1) is 32.0 Å². The summed E-state index contributed by atoms with van der Waals surface area (Å²) in [5, 5.41) is 0. The maximum atomic E-state index is 12.8. The zero-order valence-corrected chi connectivity index (χ0v) is 14.5. The van der Waals surface area contributed by atoms with E-state index in [0.29, 0.717) is 43.4 Å². The van der Waals surface area contributed by atoms with Crippen LogP contribution in [0, 0.1) is 0 Å². The molecule has 0 aliphatic carbocycles. The normalized spacial score (nSPS) is 21.1. The van der Waals surface area contributed by atoms with Crippen molar-refractivity contribution >= 4 is 5.91 Å². The van der Waals surface area contributed by atoms with Gasteiger partial charge in [-0.2, -0.15) is 0 Å². The quantitative estimate of drug-likeness (QED) is 0.808. The lowest BCUT2D eigenvalue weighted by molar-refractivity contribution is -0.0387. The molecule has 0 spiro atoms. The van der Waals surface area contributed by atoms with Gasteiger partial charge < -0.3 is 19.1 Å². The molecule has 1 aliphatic rings. The van der Waals surface area contributed by atoms with Crippen molar-refractivity contribution in [2.75, 3.05) is 26.4 Å². The first-order valence-electron chi connectivity index (χ1n) is 8.39. The number of hydrogen-bond acceptors (Lipinski definition) is 4. The van der Waals surface area contributed by atoms with Crippen LogP contribution in [0.5, 0.6) is 11.5 Å². The van der Waals surface area contributed by atoms with Gasteiger partial charge in [0.15, 0.2) is 11.5 Å². The summed E-state index contributed by atoms with van der Waals surface area (Å²) in [4.78, 5) is 14.7. The van der Waals surface area contributed by atoms with Crippen molar-refractivity contribution in [3.8, 4) is 11.5 Å². The van der Waals surface area contributed by atoms with E-state index in [1.807, 2.05) is 37.8 Å². The number of carbonyl (C=O) groups excluding carboxylic acids is 1. The van der Waals surface area contributed by atoms with Gasteiger partial charge in [-0.15, -0.1) is 0 Å². The van der Waals surface area contributed by atoms with Gasteiger partial charge in [0.25, 0.3) is 5.91 Å². The van der Waals surface area contributed by atoms with Crippen molar-refractivity contribution in [3.05, 3.63) is 23.8 Å². The zero-order chi connectivity index (χ0) is 16.8. The van der Waals surface area contributed by atoms with Crippen LogP contribution in [-0.2, 0) is 4.74 Å². The molecule has 2 atom stereocenters. The third-order valence-corrected chi connectivity index (χ3v) is 3.82. The highest BCUT2D eigenvalue weighted by atomic mass is 16.5. The van der Waals surface area contributed by atoms with Crippen LogP contribution >= 0.6 is 0 Å². The number of rotatable bonds is 6. The van der Waals surface area contributed by atoms with Gasteiger partial charge in [0.2, 0.25) is 0 Å². The number of benzene rings is 1. The second kappa shape index (κ2) is 8.20. The highest BCUT2D eigenvalue weighted by molar-refractivity contribution is 5.95. The molecule has 0 saturated carbocycles. The minimum absolute atomic E-state index is 0.00986. The lowest BCUT2D eigenvalue weighted by Crippen LogP contribution is -2.50. The molecule has 0 radical (unpaired) electrons. The fraction of sp³-hybridized carbons (Fsp3) is 0.611. The molecule has 1 amide bonds. The van der Waals surface area contributed by atoms with Crippen molar-refractivity contribution < 1.29 is 19.0 Å². The molecule has 1 fully saturated rings. The highest BCUT2D eigenvalue weighted by Crippen LogP contribution is 2.29. The summed E-state index contributed by atoms with van der Waals surface area (Å²) in [5.41, 5.74) is 0.623. The summed E-state index contributed by atoms with van der Waals surface area (Å²) in [6.07, 6.45) is 0.990. The largest absolute Gasteiger partial charge is 0.490 e. The fourth-order valence-corrected chi connectivity index (χ4v) is 2.59. The first kappa shape index (κ1) is 17.6. The van der Waals surface area contributed by atoms with E-state index in [1.54, 1.807) is 6.07 Å². The Labute approximate surface area is 138 Å². The third-order valence-electron chi connectivity index (χ3n) is 3.82. The van der Waals surface area contributed by atoms with Crippen LogP contribution in [0.1, 0.15) is 44.5 Å². The number of hydrogen-bond donors (Lipinski definition) is 0. The topological polar surface area (TPSA) is 48.0 Å². The molecule has 0 aromatic heterocycles. The maximum Gasteiger partial charge on any atom is 0.254 e. The Hall–Kier alpha value is -1.75. The smallest absolute Gasteiger partial charge is 0.254 e. The van der Waals surface area contributed by atoms with Crippen LogP contribution in [0.2, 0.25) is 0 Å². The van der Waals surface area contributed by atoms with Gasteiger partial charge in [-0.05, 0) is 45.4 Å². The third kappa shape index (κ3) is 4.38. The Morgan fingerprint density at radius 3 is 2.74 bits per heavy atom. The molecule has 1 heterocycles. The molecule has 128 valence electrons. The number of morpholine rings is 1. The minimum Gasteiger partial charge on any atom is -0.490 e. The number of carbonyl (C=O) groups is 1. The maximum absolute atomic E-state index is 12.8. The predicted molar refractivity (Wildman–Crippen MR) is 89.3 cm³/mol. The van der Waals surface area contributed by atoms with Crippen LogP contribution < -0.4 is 9.47 Å². The predicted octanol–water partition coefficient (Wildman–Crippen LogP) is 3.12. The van der Waals surface area contributed by atoms with E-state index in [2.05, 4.69) is 6.92 Å². The highest BCUT2D eigenvalue weighted by Gasteiger charge is 2.28. The average Bonchev–Trinajstić information content (AvgIpc) is 2.55. The number of ether oxygens (including phenoxy) is 3. The van der Waals surface area contributed by atoms with Crippen molar-refractivity contribution in [2.45, 2.75) is 46.3 Å². The molecule has 1 aliphatic heterocycles. The zero-order valence-electron chi connectivity index (χ0n) is 14.5. The molecule has 2 rings (SSSR count). The Bertz CT molecular complexity index is 532. The van der Waals surface area contributed by atoms with Gasteiger partial charge >= 0.3 is 0 Å². The molecular formula is C18H27NO4. The second-order valence-corrected chi connectivity index (χ2v) is 5.89. The molecule has 5 nitrogen and oxygen atoms in total. The van der Waals surface area contributed by atoms with Crippen LogP contribution in [0.4, 0.5) is 0 Å². The summed E-state index contributed by atoms with van der Waals surface area (Å²) in [7, 11) is 0. The van der Waals surface area contributed by atoms with E-state index in [0.717, 1.165) is 6.42 Å². The number of amides is 1. The van der Waals surface area contributed by atoms with Crippen molar-refractivity contribution in [3.63, 3.8) is 0 Å². The average molecular weight is 321 g/mol. The van der Waals surface area contributed by atoms with Crippen molar-refractivity contribution in [2.24, 2.45) is 0 Å². The first-order valence-corrected chi connectivity index (χ1v) is 8.39. The molecule has 23 heavy (non-hydrogen) atoms. The van der Waals surface area contributed by atoms with Crippen molar-refractivity contribution in [1.29, 1.82) is 0 Å². The Balaban J connectivity index is 2.20. The summed E-state index contributed by atoms with van der Waals surface area (Å²) >= 11 is 0. The van der Waals surface area contributed by atoms with Crippen LogP contribution in [0.3, 0.4) is 0 Å². The van der Waals surface area contributed by atoms with E-state index < -0.39 is 0 Å². The van der Waals surface area contributed by atoms with Crippen molar-refractivity contribution in [1.82, 2.24) is 4.90 Å². The molecule has 1 aromatic carbocycles. The van der Waals surface area contributed by atoms with Crippen LogP contribution in [0.15, 0.2) is 18.2 Å². The van der Waals surface area contributed by atoms with E-state index >= 15 is 0 Å². The van der Waals surface area contributed by atoms with Gasteiger partial charge in [0, 0.05) is 12.1 Å². The summed E-state index contributed by atoms with van der Waals surface area (Å²) in [5.74, 6) is 1.32. The van der Waals surface area contributed by atoms with E-state index in [-0.39, 0.29) is 18.1 Å². The minimum atomic E-state index is 0.00986. The first-order chi connectivity index (χ1) is 11.1. The van der Waals surface area contributed by atoms with E-state index in [9.17, 15) is 4.79 Å². The van der Waals surface area contributed by atoms with E-state index in [4.69, 9.17) is 14.2 Å². The Kier molecular flexibility index (Phi) is 6.28. The molecule has 1 saturated heterocycles. The van der Waals surface area contributed by atoms with Gasteiger partial charge in [-0.3, -0.25) is 4.79 Å². The Morgan fingerprint density at radius 1 is 1.26 bits per heavy atom. The van der Waals surface area contributed by atoms with Gasteiger partial charge in [0.1, 0.15) is 0 Å². The van der Waals surface area contributed by atoms with E-state index in [1.165, 1.54) is 0 Å². The summed E-state index contributed by atoms with van der Waals surface area (Å²) < 4.78 is 16.9. The SMILES string of the molecule is CCCOc1ccc(C(=O)N2CC(C)OCC2C)cc1OCC.